The van der Waals surface area contributed by atoms with Crippen LogP contribution in [0.4, 0.5) is 17.3 Å². The highest BCUT2D eigenvalue weighted by molar-refractivity contribution is 6.32. The summed E-state index contributed by atoms with van der Waals surface area (Å²) in [6.07, 6.45) is 6.35. The average Bonchev–Trinajstić information content (AvgIpc) is 3.29. The lowest BCUT2D eigenvalue weighted by Crippen LogP contribution is -2.43. The number of nitrogens with one attached hydrogen (secondary N) is 2. The van der Waals surface area contributed by atoms with Crippen LogP contribution in [0, 0.1) is 0 Å². The number of methoxy groups -OCH3 is 1. The fraction of sp³-hybridized carbons (Fsp3) is 0.292. The van der Waals surface area contributed by atoms with Crippen LogP contribution in [-0.2, 0) is 6.42 Å². The maximum Gasteiger partial charge on any atom is 0.227 e. The first-order chi connectivity index (χ1) is 16.2. The molecule has 0 bridgehead atoms. The molecule has 1 aliphatic rings. The molecule has 0 saturated carbocycles. The van der Waals surface area contributed by atoms with Gasteiger partial charge in [-0.25, -0.2) is 15.0 Å². The first-order valence-electron chi connectivity index (χ1n) is 11.1. The summed E-state index contributed by atoms with van der Waals surface area (Å²) >= 11 is 6.49. The van der Waals surface area contributed by atoms with E-state index in [0.29, 0.717) is 16.7 Å². The highest BCUT2D eigenvalue weighted by Crippen LogP contribution is 2.33. The first-order valence-corrected chi connectivity index (χ1v) is 11.4. The Morgan fingerprint density at radius 1 is 1.12 bits per heavy atom. The zero-order chi connectivity index (χ0) is 22.8. The van der Waals surface area contributed by atoms with Crippen molar-refractivity contribution in [2.24, 2.45) is 0 Å². The molecule has 0 atom stereocenters. The van der Waals surface area contributed by atoms with Crippen molar-refractivity contribution in [2.45, 2.75) is 13.3 Å². The van der Waals surface area contributed by atoms with Gasteiger partial charge in [0.1, 0.15) is 17.1 Å². The zero-order valence-electron chi connectivity index (χ0n) is 18.7. The number of halogens is 1. The molecule has 5 rings (SSSR count). The van der Waals surface area contributed by atoms with Crippen molar-refractivity contribution in [3.63, 3.8) is 0 Å². The predicted octanol–water partition coefficient (Wildman–Crippen LogP) is 4.17. The van der Waals surface area contributed by atoms with E-state index in [9.17, 15) is 0 Å². The predicted molar refractivity (Wildman–Crippen MR) is 132 cm³/mol. The van der Waals surface area contributed by atoms with Gasteiger partial charge in [-0.3, -0.25) is 4.40 Å². The van der Waals surface area contributed by atoms with E-state index in [1.807, 2.05) is 22.7 Å². The van der Waals surface area contributed by atoms with E-state index in [4.69, 9.17) is 21.3 Å². The Balaban J connectivity index is 1.45. The fourth-order valence-corrected chi connectivity index (χ4v) is 4.24. The van der Waals surface area contributed by atoms with Gasteiger partial charge in [0.15, 0.2) is 0 Å². The standard InChI is InChI=1S/C24H26ClN7O/c1-3-16-6-9-32-20(15-27-22(32)12-16)23-18(25)14-28-24(30-23)29-19-5-4-17(13-21(19)33-2)31-10-7-26-8-11-31/h4-6,9,12-15,26H,3,7-8,10-11H2,1-2H3,(H,28,29,30). The number of nitrogens with zero attached hydrogens (tertiary/aromatic N) is 5. The molecule has 33 heavy (non-hydrogen) atoms. The van der Waals surface area contributed by atoms with E-state index >= 15 is 0 Å². The molecule has 2 N–H and O–H groups in total. The van der Waals surface area contributed by atoms with Crippen molar-refractivity contribution < 1.29 is 4.74 Å². The summed E-state index contributed by atoms with van der Waals surface area (Å²) in [4.78, 5) is 16.0. The summed E-state index contributed by atoms with van der Waals surface area (Å²) in [6.45, 7) is 6.02. The van der Waals surface area contributed by atoms with Crippen LogP contribution in [0.2, 0.25) is 5.02 Å². The number of aryl methyl sites for hydroxylation is 1. The monoisotopic (exact) mass is 463 g/mol. The Bertz CT molecular complexity index is 1280. The first kappa shape index (κ1) is 21.5. The van der Waals surface area contributed by atoms with Crippen LogP contribution in [0.25, 0.3) is 17.0 Å². The van der Waals surface area contributed by atoms with Crippen LogP contribution >= 0.6 is 11.6 Å². The van der Waals surface area contributed by atoms with Crippen LogP contribution in [0.15, 0.2) is 48.9 Å². The lowest BCUT2D eigenvalue weighted by Gasteiger charge is -2.30. The topological polar surface area (TPSA) is 79.6 Å². The normalized spacial score (nSPS) is 14.0. The molecular weight excluding hydrogens is 438 g/mol. The highest BCUT2D eigenvalue weighted by Gasteiger charge is 2.16. The van der Waals surface area contributed by atoms with Gasteiger partial charge in [0.2, 0.25) is 5.95 Å². The Labute approximate surface area is 197 Å². The van der Waals surface area contributed by atoms with E-state index in [1.165, 1.54) is 5.56 Å². The SMILES string of the molecule is CCc1ccn2c(-c3nc(Nc4ccc(N5CCNCC5)cc4OC)ncc3Cl)cnc2c1. The lowest BCUT2D eigenvalue weighted by atomic mass is 10.2. The number of imidazole rings is 1. The summed E-state index contributed by atoms with van der Waals surface area (Å²) in [7, 11) is 1.67. The minimum atomic E-state index is 0.433. The summed E-state index contributed by atoms with van der Waals surface area (Å²) in [5.41, 5.74) is 5.43. The zero-order valence-corrected chi connectivity index (χ0v) is 19.4. The molecule has 1 saturated heterocycles. The Morgan fingerprint density at radius 3 is 2.76 bits per heavy atom. The molecule has 3 aromatic heterocycles. The van der Waals surface area contributed by atoms with Gasteiger partial charge in [0.25, 0.3) is 0 Å². The molecule has 4 heterocycles. The number of pyridine rings is 1. The third-order valence-corrected chi connectivity index (χ3v) is 6.16. The maximum absolute atomic E-state index is 6.49. The molecular formula is C24H26ClN7O. The van der Waals surface area contributed by atoms with E-state index in [2.05, 4.69) is 50.6 Å². The van der Waals surface area contributed by atoms with Crippen molar-refractivity contribution in [3.8, 4) is 17.1 Å². The van der Waals surface area contributed by atoms with Gasteiger partial charge in [0.05, 0.1) is 35.9 Å². The Hall–Kier alpha value is -3.36. The van der Waals surface area contributed by atoms with Crippen LogP contribution in [-0.4, -0.2) is 52.6 Å². The van der Waals surface area contributed by atoms with E-state index in [-0.39, 0.29) is 0 Å². The number of anilines is 3. The van der Waals surface area contributed by atoms with Crippen molar-refractivity contribution in [1.29, 1.82) is 0 Å². The van der Waals surface area contributed by atoms with Crippen LogP contribution < -0.4 is 20.3 Å². The van der Waals surface area contributed by atoms with Crippen molar-refractivity contribution in [2.75, 3.05) is 43.5 Å². The molecule has 1 aromatic carbocycles. The van der Waals surface area contributed by atoms with Gasteiger partial charge in [-0.05, 0) is 36.2 Å². The number of aromatic nitrogens is 4. The number of piperazine rings is 1. The second-order valence-electron chi connectivity index (χ2n) is 7.90. The third kappa shape index (κ3) is 4.31. The number of hydrogen-bond acceptors (Lipinski definition) is 7. The molecule has 9 heteroatoms. The molecule has 1 aliphatic heterocycles. The van der Waals surface area contributed by atoms with Crippen molar-refractivity contribution >= 4 is 34.6 Å². The molecule has 0 unspecified atom stereocenters. The quantitative estimate of drug-likeness (QED) is 0.444. The van der Waals surface area contributed by atoms with Gasteiger partial charge in [-0.15, -0.1) is 0 Å². The Kier molecular flexibility index (Phi) is 6.02. The number of hydrogen-bond donors (Lipinski definition) is 2. The summed E-state index contributed by atoms with van der Waals surface area (Å²) in [5.74, 6) is 1.16. The number of fused-ring (bicyclic) bond motifs is 1. The summed E-state index contributed by atoms with van der Waals surface area (Å²) < 4.78 is 7.64. The molecule has 8 nitrogen and oxygen atoms in total. The second kappa shape index (κ2) is 9.25. The molecule has 170 valence electrons. The molecule has 0 aliphatic carbocycles. The average molecular weight is 464 g/mol. The van der Waals surface area contributed by atoms with E-state index in [0.717, 1.165) is 61.1 Å². The molecule has 0 spiro atoms. The van der Waals surface area contributed by atoms with E-state index in [1.54, 1.807) is 19.5 Å². The van der Waals surface area contributed by atoms with Crippen LogP contribution in [0.3, 0.4) is 0 Å². The largest absolute Gasteiger partial charge is 0.494 e. The number of benzene rings is 1. The van der Waals surface area contributed by atoms with Crippen molar-refractivity contribution in [1.82, 2.24) is 24.7 Å². The Morgan fingerprint density at radius 2 is 1.97 bits per heavy atom. The maximum atomic E-state index is 6.49. The fourth-order valence-electron chi connectivity index (χ4n) is 4.05. The van der Waals surface area contributed by atoms with Gasteiger partial charge in [0, 0.05) is 44.1 Å². The highest BCUT2D eigenvalue weighted by atomic mass is 35.5. The summed E-state index contributed by atoms with van der Waals surface area (Å²) in [5, 5.41) is 7.12. The van der Waals surface area contributed by atoms with Crippen LogP contribution in [0.1, 0.15) is 12.5 Å². The van der Waals surface area contributed by atoms with Crippen LogP contribution in [0.5, 0.6) is 5.75 Å². The van der Waals surface area contributed by atoms with Gasteiger partial charge in [-0.2, -0.15) is 0 Å². The molecule has 0 radical (unpaired) electrons. The lowest BCUT2D eigenvalue weighted by molar-refractivity contribution is 0.416. The minimum absolute atomic E-state index is 0.433. The summed E-state index contributed by atoms with van der Waals surface area (Å²) in [6, 6.07) is 10.3. The van der Waals surface area contributed by atoms with E-state index < -0.39 is 0 Å². The van der Waals surface area contributed by atoms with Gasteiger partial charge in [-0.1, -0.05) is 18.5 Å². The number of ether oxygens (including phenoxy) is 1. The van der Waals surface area contributed by atoms with Gasteiger partial charge < -0.3 is 20.3 Å². The number of rotatable bonds is 6. The van der Waals surface area contributed by atoms with Crippen molar-refractivity contribution in [3.05, 3.63) is 59.5 Å². The minimum Gasteiger partial charge on any atom is -0.494 e. The van der Waals surface area contributed by atoms with Gasteiger partial charge >= 0.3 is 0 Å². The second-order valence-corrected chi connectivity index (χ2v) is 8.30. The smallest absolute Gasteiger partial charge is 0.227 e. The molecule has 1 fully saturated rings. The third-order valence-electron chi connectivity index (χ3n) is 5.89. The molecule has 0 amide bonds. The molecule has 4 aromatic rings.